The van der Waals surface area contributed by atoms with Crippen molar-refractivity contribution in [3.8, 4) is 5.69 Å². The molecule has 2 aromatic carbocycles. The lowest BCUT2D eigenvalue weighted by atomic mass is 10.1. The minimum Gasteiger partial charge on any atom is -0.316 e. The molecule has 2 aromatic heterocycles. The molecular weight excluding hydrogens is 300 g/mol. The summed E-state index contributed by atoms with van der Waals surface area (Å²) >= 11 is 0. The number of aryl methyl sites for hydroxylation is 1. The number of hydrogen-bond donors (Lipinski definition) is 1. The van der Waals surface area contributed by atoms with E-state index in [0.29, 0.717) is 23.3 Å². The second-order valence-corrected chi connectivity index (χ2v) is 5.71. The zero-order valence-electron chi connectivity index (χ0n) is 13.2. The Hall–Kier alpha value is -3.21. The molecule has 24 heavy (non-hydrogen) atoms. The largest absolute Gasteiger partial charge is 0.316 e. The first-order valence-electron chi connectivity index (χ1n) is 7.80. The zero-order chi connectivity index (χ0) is 16.5. The van der Waals surface area contributed by atoms with E-state index in [2.05, 4.69) is 15.1 Å². The van der Waals surface area contributed by atoms with Gasteiger partial charge in [-0.1, -0.05) is 48.5 Å². The summed E-state index contributed by atoms with van der Waals surface area (Å²) in [4.78, 5) is 19.9. The highest BCUT2D eigenvalue weighted by atomic mass is 16.1. The van der Waals surface area contributed by atoms with Gasteiger partial charge in [0.05, 0.1) is 11.4 Å². The summed E-state index contributed by atoms with van der Waals surface area (Å²) in [5.74, 6) is 0. The average Bonchev–Trinajstić information content (AvgIpc) is 2.93. The lowest BCUT2D eigenvalue weighted by Gasteiger charge is -2.04. The number of para-hydroxylation sites is 1. The molecule has 0 spiro atoms. The highest BCUT2D eigenvalue weighted by Crippen LogP contribution is 2.18. The predicted molar refractivity (Wildman–Crippen MR) is 93.5 cm³/mol. The highest BCUT2D eigenvalue weighted by molar-refractivity contribution is 5.75. The van der Waals surface area contributed by atoms with Crippen LogP contribution in [0.4, 0.5) is 0 Å². The van der Waals surface area contributed by atoms with Gasteiger partial charge in [-0.25, -0.2) is 9.67 Å². The Bertz CT molecular complexity index is 1050. The van der Waals surface area contributed by atoms with E-state index < -0.39 is 0 Å². The fourth-order valence-electron chi connectivity index (χ4n) is 2.79. The van der Waals surface area contributed by atoms with Gasteiger partial charge in [-0.3, -0.25) is 4.79 Å². The molecule has 0 aliphatic rings. The van der Waals surface area contributed by atoms with Crippen molar-refractivity contribution in [2.24, 2.45) is 0 Å². The van der Waals surface area contributed by atoms with Gasteiger partial charge < -0.3 is 4.98 Å². The molecular formula is C19H16N4O. The third-order valence-electron chi connectivity index (χ3n) is 3.99. The van der Waals surface area contributed by atoms with Crippen LogP contribution >= 0.6 is 0 Å². The smallest absolute Gasteiger partial charge is 0.270 e. The number of rotatable bonds is 3. The summed E-state index contributed by atoms with van der Waals surface area (Å²) in [6, 6.07) is 19.7. The van der Waals surface area contributed by atoms with Gasteiger partial charge in [-0.2, -0.15) is 5.10 Å². The molecule has 0 unspecified atom stereocenters. The lowest BCUT2D eigenvalue weighted by molar-refractivity contribution is 0.871. The standard InChI is InChI=1S/C19H16N4O/c1-13-17-18(23(22-13)15-10-6-3-7-11-15)20-16(19(24)21-17)12-14-8-4-2-5-9-14/h2-11H,12H2,1H3,(H,21,24). The Kier molecular flexibility index (Phi) is 3.46. The van der Waals surface area contributed by atoms with Crippen LogP contribution in [0.2, 0.25) is 0 Å². The van der Waals surface area contributed by atoms with E-state index in [1.165, 1.54) is 0 Å². The maximum absolute atomic E-state index is 12.4. The Balaban J connectivity index is 1.88. The van der Waals surface area contributed by atoms with Gasteiger partial charge >= 0.3 is 0 Å². The van der Waals surface area contributed by atoms with Crippen LogP contribution in [0.3, 0.4) is 0 Å². The van der Waals surface area contributed by atoms with Crippen LogP contribution in [0.1, 0.15) is 17.0 Å². The molecule has 0 amide bonds. The van der Waals surface area contributed by atoms with Gasteiger partial charge in [0.15, 0.2) is 5.65 Å². The highest BCUT2D eigenvalue weighted by Gasteiger charge is 2.14. The van der Waals surface area contributed by atoms with Crippen molar-refractivity contribution in [3.05, 3.63) is 88.0 Å². The van der Waals surface area contributed by atoms with E-state index in [-0.39, 0.29) is 5.56 Å². The fourth-order valence-corrected chi connectivity index (χ4v) is 2.79. The summed E-state index contributed by atoms with van der Waals surface area (Å²) in [6.07, 6.45) is 0.491. The van der Waals surface area contributed by atoms with E-state index in [0.717, 1.165) is 16.9 Å². The first-order chi connectivity index (χ1) is 11.7. The summed E-state index contributed by atoms with van der Waals surface area (Å²) in [5.41, 5.74) is 4.40. The van der Waals surface area contributed by atoms with Crippen molar-refractivity contribution in [2.45, 2.75) is 13.3 Å². The van der Waals surface area contributed by atoms with Crippen LogP contribution in [-0.4, -0.2) is 19.7 Å². The Labute approximate surface area is 138 Å². The molecule has 0 saturated carbocycles. The van der Waals surface area contributed by atoms with Crippen LogP contribution in [0.15, 0.2) is 65.5 Å². The quantitative estimate of drug-likeness (QED) is 0.632. The molecule has 5 heteroatoms. The summed E-state index contributed by atoms with van der Waals surface area (Å²) in [6.45, 7) is 1.87. The van der Waals surface area contributed by atoms with Gasteiger partial charge in [-0.15, -0.1) is 0 Å². The Morgan fingerprint density at radius 2 is 1.67 bits per heavy atom. The van der Waals surface area contributed by atoms with Gasteiger partial charge in [0, 0.05) is 6.42 Å². The molecule has 4 rings (SSSR count). The molecule has 0 aliphatic carbocycles. The number of fused-ring (bicyclic) bond motifs is 1. The van der Waals surface area contributed by atoms with Crippen molar-refractivity contribution < 1.29 is 0 Å². The molecule has 1 N–H and O–H groups in total. The monoisotopic (exact) mass is 316 g/mol. The third-order valence-corrected chi connectivity index (χ3v) is 3.99. The van der Waals surface area contributed by atoms with E-state index in [4.69, 9.17) is 0 Å². The normalized spacial score (nSPS) is 11.0. The van der Waals surface area contributed by atoms with E-state index in [9.17, 15) is 4.79 Å². The minimum absolute atomic E-state index is 0.165. The van der Waals surface area contributed by atoms with E-state index in [1.807, 2.05) is 67.6 Å². The van der Waals surface area contributed by atoms with Crippen molar-refractivity contribution in [1.82, 2.24) is 19.7 Å². The topological polar surface area (TPSA) is 63.6 Å². The summed E-state index contributed by atoms with van der Waals surface area (Å²) < 4.78 is 1.77. The number of aromatic amines is 1. The molecule has 2 heterocycles. The van der Waals surface area contributed by atoms with Crippen LogP contribution in [0.5, 0.6) is 0 Å². The zero-order valence-corrected chi connectivity index (χ0v) is 13.2. The molecule has 0 aliphatic heterocycles. The van der Waals surface area contributed by atoms with Crippen molar-refractivity contribution in [2.75, 3.05) is 0 Å². The second kappa shape index (κ2) is 5.77. The number of hydrogen-bond acceptors (Lipinski definition) is 3. The SMILES string of the molecule is Cc1nn(-c2ccccc2)c2nc(Cc3ccccc3)c(=O)[nH]c12. The lowest BCUT2D eigenvalue weighted by Crippen LogP contribution is -2.16. The molecule has 0 saturated heterocycles. The first kappa shape index (κ1) is 14.4. The molecule has 0 fully saturated rings. The van der Waals surface area contributed by atoms with Gasteiger partial charge in [0.1, 0.15) is 11.2 Å². The third kappa shape index (κ3) is 2.50. The van der Waals surface area contributed by atoms with Crippen LogP contribution < -0.4 is 5.56 Å². The van der Waals surface area contributed by atoms with Crippen LogP contribution in [-0.2, 0) is 6.42 Å². The van der Waals surface area contributed by atoms with Crippen molar-refractivity contribution in [3.63, 3.8) is 0 Å². The number of H-pyrrole nitrogens is 1. The number of aromatic nitrogens is 4. The van der Waals surface area contributed by atoms with E-state index >= 15 is 0 Å². The summed E-state index contributed by atoms with van der Waals surface area (Å²) in [5, 5.41) is 4.53. The molecule has 0 atom stereocenters. The molecule has 4 aromatic rings. The molecule has 118 valence electrons. The van der Waals surface area contributed by atoms with Crippen LogP contribution in [0.25, 0.3) is 16.9 Å². The second-order valence-electron chi connectivity index (χ2n) is 5.71. The number of nitrogens with zero attached hydrogens (tertiary/aromatic N) is 3. The van der Waals surface area contributed by atoms with Gasteiger partial charge in [-0.05, 0) is 24.6 Å². The Morgan fingerprint density at radius 1 is 1.00 bits per heavy atom. The number of benzene rings is 2. The van der Waals surface area contributed by atoms with Crippen molar-refractivity contribution >= 4 is 11.2 Å². The minimum atomic E-state index is -0.165. The average molecular weight is 316 g/mol. The Morgan fingerprint density at radius 3 is 2.38 bits per heavy atom. The van der Waals surface area contributed by atoms with Gasteiger partial charge in [0.2, 0.25) is 0 Å². The predicted octanol–water partition coefficient (Wildman–Crippen LogP) is 3.01. The molecule has 0 radical (unpaired) electrons. The van der Waals surface area contributed by atoms with Crippen molar-refractivity contribution in [1.29, 1.82) is 0 Å². The van der Waals surface area contributed by atoms with Gasteiger partial charge in [0.25, 0.3) is 5.56 Å². The fraction of sp³-hybridized carbons (Fsp3) is 0.105. The maximum Gasteiger partial charge on any atom is 0.270 e. The molecule has 5 nitrogen and oxygen atoms in total. The first-order valence-corrected chi connectivity index (χ1v) is 7.80. The van der Waals surface area contributed by atoms with Crippen LogP contribution in [0, 0.1) is 6.92 Å². The van der Waals surface area contributed by atoms with E-state index in [1.54, 1.807) is 4.68 Å². The summed E-state index contributed by atoms with van der Waals surface area (Å²) in [7, 11) is 0. The number of nitrogens with one attached hydrogen (secondary N) is 1. The maximum atomic E-state index is 12.4. The molecule has 0 bridgehead atoms.